The maximum absolute atomic E-state index is 13.1. The monoisotopic (exact) mass is 734 g/mol. The van der Waals surface area contributed by atoms with E-state index < -0.39 is 0 Å². The van der Waals surface area contributed by atoms with Crippen LogP contribution in [0, 0.1) is 25.7 Å². The van der Waals surface area contributed by atoms with Crippen molar-refractivity contribution in [1.82, 2.24) is 9.80 Å². The molecule has 1 fully saturated rings. The molecule has 3 aromatic carbocycles. The van der Waals surface area contributed by atoms with Gasteiger partial charge >= 0.3 is 0 Å². The Morgan fingerprint density at radius 2 is 1.62 bits per heavy atom. The highest BCUT2D eigenvalue weighted by Gasteiger charge is 2.41. The summed E-state index contributed by atoms with van der Waals surface area (Å²) in [5.41, 5.74) is 9.49. The van der Waals surface area contributed by atoms with Crippen LogP contribution in [0.25, 0.3) is 0 Å². The lowest BCUT2D eigenvalue weighted by molar-refractivity contribution is -0.115. The number of ether oxygens (including phenoxy) is 2. The number of carbonyl (C=O) groups excluding carboxylic acids is 1. The lowest BCUT2D eigenvalue weighted by atomic mass is 9.72. The van der Waals surface area contributed by atoms with Crippen molar-refractivity contribution in [3.8, 4) is 11.5 Å². The van der Waals surface area contributed by atoms with Crippen molar-refractivity contribution in [1.29, 1.82) is 0 Å². The largest absolute Gasteiger partial charge is 0.493 e. The normalized spacial score (nSPS) is 22.2. The lowest BCUT2D eigenvalue weighted by Gasteiger charge is -2.49. The Kier molecular flexibility index (Phi) is 11.0. The van der Waals surface area contributed by atoms with Gasteiger partial charge in [-0.1, -0.05) is 77.5 Å². The summed E-state index contributed by atoms with van der Waals surface area (Å²) in [6.07, 6.45) is 5.80. The molecule has 1 saturated heterocycles. The quantitative estimate of drug-likeness (QED) is 0.204. The average Bonchev–Trinajstić information content (AvgIpc) is 3.08. The smallest absolute Gasteiger partial charge is 0.161 e. The Balaban J connectivity index is 1.27. The van der Waals surface area contributed by atoms with Gasteiger partial charge < -0.3 is 14.4 Å². The van der Waals surface area contributed by atoms with Crippen LogP contribution in [0.1, 0.15) is 77.2 Å². The summed E-state index contributed by atoms with van der Waals surface area (Å²) < 4.78 is 13.4. The van der Waals surface area contributed by atoms with Crippen LogP contribution in [0.5, 0.6) is 11.5 Å². The molecule has 0 radical (unpaired) electrons. The fourth-order valence-corrected chi connectivity index (χ4v) is 9.54. The van der Waals surface area contributed by atoms with Crippen LogP contribution in [-0.4, -0.2) is 59.5 Å². The minimum atomic E-state index is 0.119. The van der Waals surface area contributed by atoms with E-state index in [0.717, 1.165) is 71.2 Å². The van der Waals surface area contributed by atoms with Crippen LogP contribution < -0.4 is 9.47 Å². The molecule has 3 aromatic rings. The van der Waals surface area contributed by atoms with Crippen LogP contribution in [0.4, 0.5) is 0 Å². The molecular formula is C39H47BrN2O3S2. The number of aryl methyl sites for hydroxylation is 2. The number of hydrogen-bond acceptors (Lipinski definition) is 6. The van der Waals surface area contributed by atoms with E-state index in [1.165, 1.54) is 46.0 Å². The zero-order valence-corrected chi connectivity index (χ0v) is 31.5. The van der Waals surface area contributed by atoms with E-state index in [4.69, 9.17) is 21.7 Å². The first kappa shape index (κ1) is 34.5. The molecule has 0 aliphatic carbocycles. The number of hydrogen-bond donors (Lipinski definition) is 0. The van der Waals surface area contributed by atoms with Crippen LogP contribution in [0.3, 0.4) is 0 Å². The lowest BCUT2D eigenvalue weighted by Crippen LogP contribution is -2.47. The number of Topliss-reactive ketones (excluding diaryl/α,β-unsaturated/α-hetero) is 1. The van der Waals surface area contributed by atoms with Crippen molar-refractivity contribution in [3.63, 3.8) is 0 Å². The number of methoxy groups -OCH3 is 2. The van der Waals surface area contributed by atoms with Gasteiger partial charge in [-0.25, -0.2) is 0 Å². The van der Waals surface area contributed by atoms with Crippen molar-refractivity contribution >= 4 is 50.0 Å². The van der Waals surface area contributed by atoms with E-state index in [-0.39, 0.29) is 11.8 Å². The van der Waals surface area contributed by atoms with Gasteiger partial charge in [-0.2, -0.15) is 0 Å². The average molecular weight is 736 g/mol. The summed E-state index contributed by atoms with van der Waals surface area (Å²) in [7, 11) is 3.42. The maximum Gasteiger partial charge on any atom is 0.161 e. The Bertz CT molecular complexity index is 1630. The first-order valence-electron chi connectivity index (χ1n) is 17.0. The number of benzene rings is 3. The van der Waals surface area contributed by atoms with Crippen LogP contribution in [-0.2, 0) is 24.1 Å². The number of ketones is 1. The van der Waals surface area contributed by atoms with Gasteiger partial charge in [-0.3, -0.25) is 9.69 Å². The number of piperidine rings is 1. The molecule has 3 heterocycles. The summed E-state index contributed by atoms with van der Waals surface area (Å²) in [6, 6.07) is 17.8. The predicted molar refractivity (Wildman–Crippen MR) is 201 cm³/mol. The molecule has 3 aliphatic rings. The van der Waals surface area contributed by atoms with Gasteiger partial charge in [-0.15, -0.1) is 0 Å². The third-order valence-corrected chi connectivity index (χ3v) is 12.9. The van der Waals surface area contributed by atoms with Crippen molar-refractivity contribution in [2.75, 3.05) is 39.6 Å². The molecular weight excluding hydrogens is 688 g/mol. The van der Waals surface area contributed by atoms with Crippen LogP contribution in [0.15, 0.2) is 53.0 Å². The highest BCUT2D eigenvalue weighted by atomic mass is 79.9. The van der Waals surface area contributed by atoms with Gasteiger partial charge in [0, 0.05) is 36.6 Å². The molecule has 0 amide bonds. The fourth-order valence-electron chi connectivity index (χ4n) is 8.11. The van der Waals surface area contributed by atoms with Gasteiger partial charge in [-0.05, 0) is 115 Å². The minimum Gasteiger partial charge on any atom is -0.493 e. The second kappa shape index (κ2) is 15.0. The number of fused-ring (bicyclic) bond motifs is 4. The standard InChI is InChI=1S/C39H47BrN2O3S2/c1-6-27-22-41-13-11-28-15-24(2)25(3)16-33(28)35(41)18-30(27)19-36-34-21-38(45-5)37(44-4)20-29(34)12-14-42(36)39(46)47-23-32(43)17-26-7-9-31(40)10-8-26/h7-10,15-16,20-21,27,30,35-36H,6,11-14,17-19,22-23H2,1-5H3. The summed E-state index contributed by atoms with van der Waals surface area (Å²) in [5, 5.41) is 0. The third kappa shape index (κ3) is 7.46. The van der Waals surface area contributed by atoms with E-state index >= 15 is 0 Å². The molecule has 6 rings (SSSR count). The van der Waals surface area contributed by atoms with Crippen molar-refractivity contribution in [2.24, 2.45) is 11.8 Å². The van der Waals surface area contributed by atoms with Gasteiger partial charge in [0.2, 0.25) is 0 Å². The topological polar surface area (TPSA) is 42.0 Å². The molecule has 47 heavy (non-hydrogen) atoms. The summed E-state index contributed by atoms with van der Waals surface area (Å²) in [6.45, 7) is 9.99. The Labute approximate surface area is 298 Å². The summed E-state index contributed by atoms with van der Waals surface area (Å²) >= 11 is 11.2. The second-order valence-corrected chi connectivity index (χ2v) is 16.1. The number of nitrogens with zero attached hydrogens (tertiary/aromatic N) is 2. The first-order valence-corrected chi connectivity index (χ1v) is 19.2. The number of halogens is 1. The molecule has 250 valence electrons. The zero-order chi connectivity index (χ0) is 33.2. The second-order valence-electron chi connectivity index (χ2n) is 13.6. The van der Waals surface area contributed by atoms with Crippen molar-refractivity contribution in [3.05, 3.63) is 91.9 Å². The van der Waals surface area contributed by atoms with Gasteiger partial charge in [0.15, 0.2) is 11.5 Å². The fraction of sp³-hybridized carbons (Fsp3) is 0.487. The molecule has 5 nitrogen and oxygen atoms in total. The van der Waals surface area contributed by atoms with Crippen LogP contribution >= 0.6 is 39.9 Å². The summed E-state index contributed by atoms with van der Waals surface area (Å²) in [4.78, 5) is 18.2. The van der Waals surface area contributed by atoms with E-state index in [9.17, 15) is 4.79 Å². The highest BCUT2D eigenvalue weighted by molar-refractivity contribution is 9.10. The molecule has 0 aromatic heterocycles. The van der Waals surface area contributed by atoms with Crippen molar-refractivity contribution < 1.29 is 14.3 Å². The molecule has 0 bridgehead atoms. The number of thioether (sulfide) groups is 1. The third-order valence-electron chi connectivity index (χ3n) is 10.8. The predicted octanol–water partition coefficient (Wildman–Crippen LogP) is 8.85. The number of rotatable bonds is 9. The first-order chi connectivity index (χ1) is 22.7. The minimum absolute atomic E-state index is 0.119. The Morgan fingerprint density at radius 3 is 2.34 bits per heavy atom. The molecule has 0 N–H and O–H groups in total. The Hall–Kier alpha value is -2.39. The van der Waals surface area contributed by atoms with Gasteiger partial charge in [0.1, 0.15) is 10.1 Å². The molecule has 4 unspecified atom stereocenters. The SMILES string of the molecule is CCC1CN2CCc3cc(C)c(C)cc3C2CC1CC1c2cc(OC)c(OC)cc2CCN1C(=S)SCC(=O)Cc1ccc(Br)cc1. The van der Waals surface area contributed by atoms with E-state index in [1.54, 1.807) is 19.8 Å². The van der Waals surface area contributed by atoms with E-state index in [1.807, 2.05) is 24.3 Å². The highest BCUT2D eigenvalue weighted by Crippen LogP contribution is 2.48. The number of thiocarbonyl (C=S) groups is 1. The molecule has 4 atom stereocenters. The number of carbonyl (C=O) groups is 1. The molecule has 3 aliphatic heterocycles. The molecule has 0 saturated carbocycles. The Morgan fingerprint density at radius 1 is 0.936 bits per heavy atom. The molecule has 0 spiro atoms. The zero-order valence-electron chi connectivity index (χ0n) is 28.3. The van der Waals surface area contributed by atoms with Crippen LogP contribution in [0.2, 0.25) is 0 Å². The summed E-state index contributed by atoms with van der Waals surface area (Å²) in [5.74, 6) is 3.28. The van der Waals surface area contributed by atoms with Gasteiger partial charge in [0.25, 0.3) is 0 Å². The van der Waals surface area contributed by atoms with Crippen molar-refractivity contribution in [2.45, 2.75) is 71.4 Å². The molecule has 8 heteroatoms. The maximum atomic E-state index is 13.1. The van der Waals surface area contributed by atoms with Gasteiger partial charge in [0.05, 0.1) is 26.0 Å². The van der Waals surface area contributed by atoms with E-state index in [2.05, 4.69) is 70.8 Å². The van der Waals surface area contributed by atoms with E-state index in [0.29, 0.717) is 30.1 Å².